The number of thiophene rings is 1. The van der Waals surface area contributed by atoms with Crippen LogP contribution in [-0.4, -0.2) is 32.3 Å². The summed E-state index contributed by atoms with van der Waals surface area (Å²) in [5.41, 5.74) is 0.868. The van der Waals surface area contributed by atoms with E-state index in [2.05, 4.69) is 0 Å². The minimum absolute atomic E-state index is 0.0822. The van der Waals surface area contributed by atoms with Crippen LogP contribution in [0.2, 0.25) is 4.34 Å². The maximum Gasteiger partial charge on any atom is 0.321 e. The number of hydrogen-bond donors (Lipinski definition) is 0. The first-order valence-electron chi connectivity index (χ1n) is 7.72. The molecular weight excluding hydrogens is 394 g/mol. The van der Waals surface area contributed by atoms with Gasteiger partial charge in [-0.25, -0.2) is 8.42 Å². The van der Waals surface area contributed by atoms with Gasteiger partial charge in [-0.2, -0.15) is 4.31 Å². The molecule has 0 aliphatic heterocycles. The maximum absolute atomic E-state index is 12.4. The molecule has 26 heavy (non-hydrogen) atoms. The number of carbonyl (C=O) groups excluding carboxylic acids is 1. The van der Waals surface area contributed by atoms with Crippen LogP contribution in [0.3, 0.4) is 0 Å². The number of esters is 1. The van der Waals surface area contributed by atoms with Crippen LogP contribution in [0.4, 0.5) is 0 Å². The third-order valence-electron chi connectivity index (χ3n) is 3.83. The number of fused-ring (bicyclic) bond motifs is 1. The molecule has 0 aliphatic carbocycles. The summed E-state index contributed by atoms with van der Waals surface area (Å²) in [6, 6.07) is 16.5. The van der Waals surface area contributed by atoms with Crippen LogP contribution in [0.1, 0.15) is 5.56 Å². The van der Waals surface area contributed by atoms with E-state index in [0.717, 1.165) is 32.0 Å². The highest BCUT2D eigenvalue weighted by atomic mass is 35.5. The predicted octanol–water partition coefficient (Wildman–Crippen LogP) is 3.92. The van der Waals surface area contributed by atoms with Crippen LogP contribution in [0.5, 0.6) is 0 Å². The molecule has 0 amide bonds. The quantitative estimate of drug-likeness (QED) is 0.579. The molecule has 0 unspecified atom stereocenters. The first-order valence-corrected chi connectivity index (χ1v) is 10.4. The van der Waals surface area contributed by atoms with Gasteiger partial charge in [0.05, 0.1) is 4.34 Å². The topological polar surface area (TPSA) is 63.7 Å². The Bertz CT molecular complexity index is 1040. The fourth-order valence-corrected chi connectivity index (χ4v) is 5.29. The summed E-state index contributed by atoms with van der Waals surface area (Å²) in [7, 11) is -2.43. The third-order valence-corrected chi connectivity index (χ3v) is 7.34. The monoisotopic (exact) mass is 409 g/mol. The Morgan fingerprint density at radius 2 is 1.85 bits per heavy atom. The minimum atomic E-state index is -3.76. The second-order valence-electron chi connectivity index (χ2n) is 5.62. The van der Waals surface area contributed by atoms with E-state index in [1.165, 1.54) is 19.2 Å². The average Bonchev–Trinajstić information content (AvgIpc) is 3.07. The molecule has 0 spiro atoms. The molecule has 0 radical (unpaired) electrons. The minimum Gasteiger partial charge on any atom is -0.460 e. The summed E-state index contributed by atoms with van der Waals surface area (Å²) in [4.78, 5) is 12.1. The van der Waals surface area contributed by atoms with Crippen LogP contribution >= 0.6 is 22.9 Å². The number of rotatable bonds is 6. The van der Waals surface area contributed by atoms with Gasteiger partial charge in [0.15, 0.2) is 0 Å². The van der Waals surface area contributed by atoms with Crippen molar-refractivity contribution in [3.63, 3.8) is 0 Å². The summed E-state index contributed by atoms with van der Waals surface area (Å²) >= 11 is 6.73. The van der Waals surface area contributed by atoms with Gasteiger partial charge in [0.2, 0.25) is 0 Å². The highest BCUT2D eigenvalue weighted by molar-refractivity contribution is 7.91. The van der Waals surface area contributed by atoms with E-state index < -0.39 is 16.0 Å². The van der Waals surface area contributed by atoms with Crippen molar-refractivity contribution >= 4 is 49.7 Å². The second kappa shape index (κ2) is 7.75. The summed E-state index contributed by atoms with van der Waals surface area (Å²) in [6.07, 6.45) is 0. The number of nitrogens with zero attached hydrogens (tertiary/aromatic N) is 1. The van der Waals surface area contributed by atoms with Gasteiger partial charge in [-0.05, 0) is 28.5 Å². The van der Waals surface area contributed by atoms with Gasteiger partial charge < -0.3 is 4.74 Å². The Morgan fingerprint density at radius 3 is 2.58 bits per heavy atom. The van der Waals surface area contributed by atoms with E-state index in [4.69, 9.17) is 16.3 Å². The van der Waals surface area contributed by atoms with Crippen molar-refractivity contribution < 1.29 is 17.9 Å². The zero-order valence-corrected chi connectivity index (χ0v) is 16.3. The van der Waals surface area contributed by atoms with Crippen LogP contribution in [0.15, 0.2) is 58.8 Å². The largest absolute Gasteiger partial charge is 0.460 e. The first-order chi connectivity index (χ1) is 12.4. The lowest BCUT2D eigenvalue weighted by atomic mass is 10.1. The van der Waals surface area contributed by atoms with Gasteiger partial charge >= 0.3 is 5.97 Å². The zero-order valence-electron chi connectivity index (χ0n) is 13.9. The van der Waals surface area contributed by atoms with Crippen LogP contribution in [0, 0.1) is 0 Å². The highest BCUT2D eigenvalue weighted by Gasteiger charge is 2.25. The van der Waals surface area contributed by atoms with Crippen molar-refractivity contribution in [1.29, 1.82) is 0 Å². The fraction of sp³-hybridized carbons (Fsp3) is 0.167. The third kappa shape index (κ3) is 4.07. The number of ether oxygens (including phenoxy) is 1. The number of hydrogen-bond acceptors (Lipinski definition) is 5. The molecule has 2 aromatic carbocycles. The van der Waals surface area contributed by atoms with Gasteiger partial charge in [-0.15, -0.1) is 11.3 Å². The molecule has 0 N–H and O–H groups in total. The van der Waals surface area contributed by atoms with Crippen molar-refractivity contribution in [2.24, 2.45) is 0 Å². The van der Waals surface area contributed by atoms with Crippen LogP contribution < -0.4 is 0 Å². The number of likely N-dealkylation sites (N-methyl/N-ethyl adjacent to an activating group) is 1. The normalized spacial score (nSPS) is 11.8. The van der Waals surface area contributed by atoms with Crippen molar-refractivity contribution in [3.05, 3.63) is 64.5 Å². The van der Waals surface area contributed by atoms with E-state index in [9.17, 15) is 13.2 Å². The molecule has 5 nitrogen and oxygen atoms in total. The summed E-state index contributed by atoms with van der Waals surface area (Å²) in [5, 5.41) is 2.05. The SMILES string of the molecule is CN(CC(=O)OCc1cccc2ccccc12)S(=O)(=O)c1ccc(Cl)s1. The average molecular weight is 410 g/mol. The molecule has 1 aromatic heterocycles. The van der Waals surface area contributed by atoms with E-state index in [1.807, 2.05) is 42.5 Å². The molecular formula is C18H16ClNO4S2. The molecule has 136 valence electrons. The lowest BCUT2D eigenvalue weighted by Gasteiger charge is -2.15. The van der Waals surface area contributed by atoms with Gasteiger partial charge in [0, 0.05) is 7.05 Å². The molecule has 0 fully saturated rings. The highest BCUT2D eigenvalue weighted by Crippen LogP contribution is 2.27. The zero-order chi connectivity index (χ0) is 18.7. The summed E-state index contributed by atoms with van der Waals surface area (Å²) in [5.74, 6) is -0.619. The van der Waals surface area contributed by atoms with E-state index in [-0.39, 0.29) is 17.4 Å². The summed E-state index contributed by atoms with van der Waals surface area (Å²) in [6.45, 7) is -0.290. The Balaban J connectivity index is 1.65. The number of benzene rings is 2. The molecule has 0 aliphatic rings. The Kier molecular flexibility index (Phi) is 5.62. The molecule has 0 saturated heterocycles. The first kappa shape index (κ1) is 18.8. The lowest BCUT2D eigenvalue weighted by Crippen LogP contribution is -2.32. The van der Waals surface area contributed by atoms with E-state index in [0.29, 0.717) is 4.34 Å². The van der Waals surface area contributed by atoms with Crippen molar-refractivity contribution in [3.8, 4) is 0 Å². The molecule has 1 heterocycles. The standard InChI is InChI=1S/C18H16ClNO4S2/c1-20(26(22,23)18-10-9-16(19)25-18)11-17(21)24-12-14-7-4-6-13-5-2-3-8-15(13)14/h2-10H,11-12H2,1H3. The predicted molar refractivity (Wildman–Crippen MR) is 103 cm³/mol. The van der Waals surface area contributed by atoms with Crippen molar-refractivity contribution in [2.45, 2.75) is 10.8 Å². The molecule has 8 heteroatoms. The smallest absolute Gasteiger partial charge is 0.321 e. The van der Waals surface area contributed by atoms with Crippen LogP contribution in [-0.2, 0) is 26.2 Å². The molecule has 0 atom stereocenters. The van der Waals surface area contributed by atoms with Gasteiger partial charge in [0.25, 0.3) is 10.0 Å². The van der Waals surface area contributed by atoms with Gasteiger partial charge in [0.1, 0.15) is 17.4 Å². The molecule has 0 bridgehead atoms. The maximum atomic E-state index is 12.4. The fourth-order valence-electron chi connectivity index (χ4n) is 2.48. The van der Waals surface area contributed by atoms with E-state index in [1.54, 1.807) is 0 Å². The lowest BCUT2D eigenvalue weighted by molar-refractivity contribution is -0.144. The number of halogens is 1. The second-order valence-corrected chi connectivity index (χ2v) is 9.61. The Labute approximate surface area is 160 Å². The van der Waals surface area contributed by atoms with Gasteiger partial charge in [-0.1, -0.05) is 54.1 Å². The Hall–Kier alpha value is -1.93. The molecule has 3 aromatic rings. The van der Waals surface area contributed by atoms with Crippen molar-refractivity contribution in [2.75, 3.05) is 13.6 Å². The molecule has 0 saturated carbocycles. The molecule has 3 rings (SSSR count). The summed E-state index contributed by atoms with van der Waals surface area (Å²) < 4.78 is 31.5. The number of carbonyl (C=O) groups is 1. The van der Waals surface area contributed by atoms with Crippen molar-refractivity contribution in [1.82, 2.24) is 4.31 Å². The Morgan fingerprint density at radius 1 is 1.12 bits per heavy atom. The van der Waals surface area contributed by atoms with Gasteiger partial charge in [-0.3, -0.25) is 4.79 Å². The number of sulfonamides is 1. The van der Waals surface area contributed by atoms with E-state index >= 15 is 0 Å². The van der Waals surface area contributed by atoms with Crippen LogP contribution in [0.25, 0.3) is 10.8 Å².